The number of ether oxygens (including phenoxy) is 1. The predicted octanol–water partition coefficient (Wildman–Crippen LogP) is -0.413. The van der Waals surface area contributed by atoms with Crippen molar-refractivity contribution in [2.75, 3.05) is 32.7 Å². The second kappa shape index (κ2) is 5.69. The van der Waals surface area contributed by atoms with Gasteiger partial charge in [0.2, 0.25) is 5.91 Å². The molecule has 2 unspecified atom stereocenters. The molecule has 3 aliphatic rings. The van der Waals surface area contributed by atoms with E-state index in [1.54, 1.807) is 0 Å². The molecule has 1 aliphatic carbocycles. The largest absolute Gasteiger partial charge is 0.461 e. The smallest absolute Gasteiger partial charge is 0.323 e. The van der Waals surface area contributed by atoms with Crippen molar-refractivity contribution in [3.05, 3.63) is 0 Å². The lowest BCUT2D eigenvalue weighted by Gasteiger charge is -2.36. The Morgan fingerprint density at radius 1 is 1.30 bits per heavy atom. The molecule has 6 heteroatoms. The molecule has 0 spiro atoms. The number of nitrogens with one attached hydrogen (secondary N) is 1. The molecular weight excluding hydrogens is 258 g/mol. The van der Waals surface area contributed by atoms with E-state index in [-0.39, 0.29) is 24.0 Å². The maximum Gasteiger partial charge on any atom is 0.323 e. The summed E-state index contributed by atoms with van der Waals surface area (Å²) in [5.41, 5.74) is 0. The van der Waals surface area contributed by atoms with Crippen molar-refractivity contribution >= 4 is 11.9 Å². The van der Waals surface area contributed by atoms with E-state index < -0.39 is 0 Å². The van der Waals surface area contributed by atoms with E-state index in [9.17, 15) is 9.59 Å². The number of esters is 1. The zero-order chi connectivity index (χ0) is 14.1. The molecule has 0 radical (unpaired) electrons. The van der Waals surface area contributed by atoms with Gasteiger partial charge >= 0.3 is 5.97 Å². The van der Waals surface area contributed by atoms with Gasteiger partial charge in [0, 0.05) is 38.6 Å². The van der Waals surface area contributed by atoms with Gasteiger partial charge in [-0.15, -0.1) is 0 Å². The fourth-order valence-corrected chi connectivity index (χ4v) is 2.97. The average Bonchev–Trinajstić information content (AvgIpc) is 3.14. The van der Waals surface area contributed by atoms with Crippen LogP contribution in [-0.2, 0) is 14.3 Å². The Hall–Kier alpha value is -1.14. The molecule has 1 N–H and O–H groups in total. The molecule has 1 amide bonds. The lowest BCUT2D eigenvalue weighted by atomic mass is 10.1. The van der Waals surface area contributed by atoms with Gasteiger partial charge in [-0.05, 0) is 19.8 Å². The standard InChI is InChI=1S/C14H23N3O3/c1-10-8-12(14(19)20-10)17-6-4-16(5-7-17)9-13(18)15-11-2-3-11/h10-12H,2-9H2,1H3,(H,15,18). The molecular formula is C14H23N3O3. The Labute approximate surface area is 119 Å². The van der Waals surface area contributed by atoms with Crippen molar-refractivity contribution in [3.8, 4) is 0 Å². The first-order chi connectivity index (χ1) is 9.61. The summed E-state index contributed by atoms with van der Waals surface area (Å²) in [6.07, 6.45) is 3.08. The van der Waals surface area contributed by atoms with Crippen molar-refractivity contribution in [2.45, 2.75) is 44.4 Å². The fraction of sp³-hybridized carbons (Fsp3) is 0.857. The Morgan fingerprint density at radius 2 is 2.00 bits per heavy atom. The minimum atomic E-state index is -0.0857. The predicted molar refractivity (Wildman–Crippen MR) is 73.1 cm³/mol. The highest BCUT2D eigenvalue weighted by molar-refractivity contribution is 5.79. The molecule has 0 bridgehead atoms. The van der Waals surface area contributed by atoms with Gasteiger partial charge in [-0.3, -0.25) is 19.4 Å². The van der Waals surface area contributed by atoms with Crippen LogP contribution in [-0.4, -0.2) is 72.6 Å². The Balaban J connectivity index is 1.42. The lowest BCUT2D eigenvalue weighted by molar-refractivity contribution is -0.145. The number of cyclic esters (lactones) is 1. The van der Waals surface area contributed by atoms with E-state index >= 15 is 0 Å². The quantitative estimate of drug-likeness (QED) is 0.710. The van der Waals surface area contributed by atoms with Crippen LogP contribution >= 0.6 is 0 Å². The van der Waals surface area contributed by atoms with Crippen molar-refractivity contribution in [2.24, 2.45) is 0 Å². The summed E-state index contributed by atoms with van der Waals surface area (Å²) in [5, 5.41) is 3.01. The number of nitrogens with zero attached hydrogens (tertiary/aromatic N) is 2. The van der Waals surface area contributed by atoms with Crippen LogP contribution in [0.5, 0.6) is 0 Å². The number of carbonyl (C=O) groups is 2. The van der Waals surface area contributed by atoms with E-state index in [4.69, 9.17) is 4.74 Å². The summed E-state index contributed by atoms with van der Waals surface area (Å²) in [5.74, 6) is 0.0484. The summed E-state index contributed by atoms with van der Waals surface area (Å²) in [4.78, 5) is 27.8. The molecule has 3 fully saturated rings. The van der Waals surface area contributed by atoms with Gasteiger partial charge in [-0.25, -0.2) is 0 Å². The first-order valence-corrected chi connectivity index (χ1v) is 7.58. The van der Waals surface area contributed by atoms with Gasteiger partial charge < -0.3 is 10.1 Å². The Morgan fingerprint density at radius 3 is 2.55 bits per heavy atom. The molecule has 0 aromatic carbocycles. The minimum absolute atomic E-state index is 0.0369. The zero-order valence-corrected chi connectivity index (χ0v) is 12.0. The highest BCUT2D eigenvalue weighted by atomic mass is 16.6. The maximum absolute atomic E-state index is 11.8. The number of hydrogen-bond donors (Lipinski definition) is 1. The topological polar surface area (TPSA) is 61.9 Å². The summed E-state index contributed by atoms with van der Waals surface area (Å²) < 4.78 is 5.21. The number of carbonyl (C=O) groups excluding carboxylic acids is 2. The normalized spacial score (nSPS) is 32.1. The SMILES string of the molecule is CC1CC(N2CCN(CC(=O)NC3CC3)CC2)C(=O)O1. The lowest BCUT2D eigenvalue weighted by Crippen LogP contribution is -2.53. The summed E-state index contributed by atoms with van der Waals surface area (Å²) >= 11 is 0. The molecule has 6 nitrogen and oxygen atoms in total. The molecule has 3 rings (SSSR count). The second-order valence-corrected chi connectivity index (χ2v) is 6.15. The number of piperazine rings is 1. The first kappa shape index (κ1) is 13.8. The first-order valence-electron chi connectivity index (χ1n) is 7.58. The van der Waals surface area contributed by atoms with Crippen LogP contribution in [0.25, 0.3) is 0 Å². The highest BCUT2D eigenvalue weighted by Gasteiger charge is 2.37. The third-order valence-electron chi connectivity index (χ3n) is 4.30. The molecule has 2 heterocycles. The van der Waals surface area contributed by atoms with Crippen molar-refractivity contribution in [1.82, 2.24) is 15.1 Å². The highest BCUT2D eigenvalue weighted by Crippen LogP contribution is 2.21. The molecule has 2 aliphatic heterocycles. The van der Waals surface area contributed by atoms with Gasteiger partial charge in [0.1, 0.15) is 12.1 Å². The van der Waals surface area contributed by atoms with Crippen LogP contribution in [0.15, 0.2) is 0 Å². The minimum Gasteiger partial charge on any atom is -0.461 e. The maximum atomic E-state index is 11.8. The number of rotatable bonds is 4. The summed E-state index contributed by atoms with van der Waals surface area (Å²) in [6, 6.07) is 0.353. The van der Waals surface area contributed by atoms with E-state index in [1.165, 1.54) is 0 Å². The van der Waals surface area contributed by atoms with Crippen LogP contribution in [0.4, 0.5) is 0 Å². The van der Waals surface area contributed by atoms with Crippen LogP contribution < -0.4 is 5.32 Å². The monoisotopic (exact) mass is 281 g/mol. The van der Waals surface area contributed by atoms with E-state index in [0.29, 0.717) is 12.6 Å². The van der Waals surface area contributed by atoms with Crippen LogP contribution in [0, 0.1) is 0 Å². The summed E-state index contributed by atoms with van der Waals surface area (Å²) in [7, 11) is 0. The zero-order valence-electron chi connectivity index (χ0n) is 12.0. The van der Waals surface area contributed by atoms with Crippen LogP contribution in [0.1, 0.15) is 26.2 Å². The third kappa shape index (κ3) is 3.30. The van der Waals surface area contributed by atoms with Crippen LogP contribution in [0.2, 0.25) is 0 Å². The Bertz CT molecular complexity index is 389. The van der Waals surface area contributed by atoms with Gasteiger partial charge in [-0.2, -0.15) is 0 Å². The van der Waals surface area contributed by atoms with Crippen molar-refractivity contribution in [1.29, 1.82) is 0 Å². The van der Waals surface area contributed by atoms with Gasteiger partial charge in [0.25, 0.3) is 0 Å². The molecule has 0 aromatic rings. The van der Waals surface area contributed by atoms with E-state index in [0.717, 1.165) is 45.4 Å². The summed E-state index contributed by atoms with van der Waals surface area (Å²) in [6.45, 7) is 5.78. The molecule has 1 saturated carbocycles. The van der Waals surface area contributed by atoms with Gasteiger partial charge in [0.05, 0.1) is 6.54 Å². The molecule has 2 saturated heterocycles. The molecule has 20 heavy (non-hydrogen) atoms. The number of amides is 1. The van der Waals surface area contributed by atoms with Crippen molar-refractivity contribution < 1.29 is 14.3 Å². The van der Waals surface area contributed by atoms with E-state index in [2.05, 4.69) is 15.1 Å². The average molecular weight is 281 g/mol. The van der Waals surface area contributed by atoms with Gasteiger partial charge in [0.15, 0.2) is 0 Å². The second-order valence-electron chi connectivity index (χ2n) is 6.15. The van der Waals surface area contributed by atoms with Crippen LogP contribution in [0.3, 0.4) is 0 Å². The van der Waals surface area contributed by atoms with E-state index in [1.807, 2.05) is 6.92 Å². The molecule has 2 atom stereocenters. The molecule has 112 valence electrons. The Kier molecular flexibility index (Phi) is 3.94. The van der Waals surface area contributed by atoms with Gasteiger partial charge in [-0.1, -0.05) is 0 Å². The number of hydrogen-bond acceptors (Lipinski definition) is 5. The van der Waals surface area contributed by atoms with Crippen molar-refractivity contribution in [3.63, 3.8) is 0 Å². The molecule has 0 aromatic heterocycles. The fourth-order valence-electron chi connectivity index (χ4n) is 2.97. The third-order valence-corrected chi connectivity index (χ3v) is 4.30.